The van der Waals surface area contributed by atoms with Crippen LogP contribution >= 0.6 is 11.6 Å². The van der Waals surface area contributed by atoms with Crippen LogP contribution in [-0.2, 0) is 10.3 Å². The molecule has 0 spiro atoms. The first-order valence-electron chi connectivity index (χ1n) is 6.62. The van der Waals surface area contributed by atoms with Crippen LogP contribution in [0.3, 0.4) is 0 Å². The van der Waals surface area contributed by atoms with Gasteiger partial charge in [0.2, 0.25) is 0 Å². The summed E-state index contributed by atoms with van der Waals surface area (Å²) in [6.07, 6.45) is -5.32. The van der Waals surface area contributed by atoms with Gasteiger partial charge in [-0.1, -0.05) is 24.4 Å². The molecular formula is C15H11ClF3NO2. The zero-order valence-corrected chi connectivity index (χ0v) is 12.2. The van der Waals surface area contributed by atoms with Crippen molar-refractivity contribution >= 4 is 23.4 Å². The quantitative estimate of drug-likeness (QED) is 0.720. The van der Waals surface area contributed by atoms with Crippen LogP contribution in [0, 0.1) is 23.7 Å². The maximum absolute atomic E-state index is 13.7. The van der Waals surface area contributed by atoms with E-state index in [2.05, 4.69) is 21.9 Å². The number of ether oxygens (including phenoxy) is 1. The summed E-state index contributed by atoms with van der Waals surface area (Å²) in [5.74, 6) is 4.91. The molecule has 0 saturated heterocycles. The molecule has 1 heterocycles. The lowest BCUT2D eigenvalue weighted by molar-refractivity contribution is -0.239. The molecule has 1 aromatic rings. The molecule has 22 heavy (non-hydrogen) atoms. The number of halogens is 4. The van der Waals surface area contributed by atoms with Gasteiger partial charge in [-0.25, -0.2) is 4.79 Å². The van der Waals surface area contributed by atoms with Gasteiger partial charge < -0.3 is 4.74 Å². The highest BCUT2D eigenvalue weighted by Crippen LogP contribution is 2.48. The number of carbonyl (C=O) groups excluding carboxylic acids is 1. The van der Waals surface area contributed by atoms with E-state index in [1.165, 1.54) is 12.1 Å². The first kappa shape index (κ1) is 15.0. The maximum Gasteiger partial charge on any atom is 0.445 e. The summed E-state index contributed by atoms with van der Waals surface area (Å²) in [5.41, 5.74) is -3.29. The van der Waals surface area contributed by atoms with Crippen molar-refractivity contribution in [3.63, 3.8) is 0 Å². The molecule has 116 valence electrons. The number of benzene rings is 1. The predicted octanol–water partition coefficient (Wildman–Crippen LogP) is 4.32. The number of rotatable bonds is 0. The average Bonchev–Trinajstić information content (AvgIpc) is 3.11. The Balaban J connectivity index is 2.18. The number of anilines is 1. The SMILES string of the molecule is CC1CC1C#CC1(C(F)(F)F)OC(=O)Nc2ccc(Cl)cc21. The van der Waals surface area contributed by atoms with E-state index in [9.17, 15) is 18.0 Å². The molecule has 0 radical (unpaired) electrons. The van der Waals surface area contributed by atoms with E-state index in [4.69, 9.17) is 11.6 Å². The second-order valence-electron chi connectivity index (χ2n) is 5.47. The van der Waals surface area contributed by atoms with Gasteiger partial charge in [-0.3, -0.25) is 5.32 Å². The highest BCUT2D eigenvalue weighted by atomic mass is 35.5. The summed E-state index contributed by atoms with van der Waals surface area (Å²) in [7, 11) is 0. The summed E-state index contributed by atoms with van der Waals surface area (Å²) in [4.78, 5) is 11.6. The Labute approximate surface area is 129 Å². The number of cyclic esters (lactones) is 1. The topological polar surface area (TPSA) is 38.3 Å². The van der Waals surface area contributed by atoms with Gasteiger partial charge in [0.25, 0.3) is 5.60 Å². The molecule has 0 bridgehead atoms. The second-order valence-corrected chi connectivity index (χ2v) is 5.91. The molecule has 1 aliphatic heterocycles. The van der Waals surface area contributed by atoms with Crippen molar-refractivity contribution in [2.24, 2.45) is 11.8 Å². The van der Waals surface area contributed by atoms with Gasteiger partial charge in [0.1, 0.15) is 0 Å². The van der Waals surface area contributed by atoms with E-state index in [0.717, 1.165) is 12.5 Å². The van der Waals surface area contributed by atoms with Crippen molar-refractivity contribution in [2.75, 3.05) is 5.32 Å². The lowest BCUT2D eigenvalue weighted by Crippen LogP contribution is -2.49. The molecule has 1 amide bonds. The monoisotopic (exact) mass is 329 g/mol. The van der Waals surface area contributed by atoms with Gasteiger partial charge in [-0.15, -0.1) is 0 Å². The third-order valence-electron chi connectivity index (χ3n) is 3.79. The van der Waals surface area contributed by atoms with Crippen LogP contribution in [0.15, 0.2) is 18.2 Å². The molecule has 1 saturated carbocycles. The Kier molecular flexibility index (Phi) is 3.29. The Morgan fingerprint density at radius 2 is 2.14 bits per heavy atom. The number of nitrogens with one attached hydrogen (secondary N) is 1. The van der Waals surface area contributed by atoms with Crippen molar-refractivity contribution in [3.05, 3.63) is 28.8 Å². The zero-order chi connectivity index (χ0) is 16.1. The zero-order valence-electron chi connectivity index (χ0n) is 11.4. The molecule has 7 heteroatoms. The molecule has 1 aliphatic carbocycles. The smallest absolute Gasteiger partial charge is 0.415 e. The number of carbonyl (C=O) groups is 1. The van der Waals surface area contributed by atoms with Gasteiger partial charge in [0.05, 0.1) is 5.69 Å². The van der Waals surface area contributed by atoms with E-state index in [1.807, 2.05) is 6.92 Å². The van der Waals surface area contributed by atoms with Gasteiger partial charge in [0.15, 0.2) is 0 Å². The van der Waals surface area contributed by atoms with Crippen LogP contribution in [0.2, 0.25) is 5.02 Å². The predicted molar refractivity (Wildman–Crippen MR) is 74.3 cm³/mol. The number of fused-ring (bicyclic) bond motifs is 1. The summed E-state index contributed by atoms with van der Waals surface area (Å²) < 4.78 is 45.7. The molecule has 1 N–H and O–H groups in total. The van der Waals surface area contributed by atoms with Gasteiger partial charge in [-0.2, -0.15) is 13.2 Å². The van der Waals surface area contributed by atoms with Crippen LogP contribution < -0.4 is 5.32 Å². The first-order chi connectivity index (χ1) is 10.2. The first-order valence-corrected chi connectivity index (χ1v) is 7.00. The Morgan fingerprint density at radius 1 is 1.45 bits per heavy atom. The fourth-order valence-corrected chi connectivity index (χ4v) is 2.51. The van der Waals surface area contributed by atoms with Crippen LogP contribution in [0.1, 0.15) is 18.9 Å². The largest absolute Gasteiger partial charge is 0.445 e. The lowest BCUT2D eigenvalue weighted by Gasteiger charge is -2.35. The molecule has 0 aromatic heterocycles. The third-order valence-corrected chi connectivity index (χ3v) is 4.02. The van der Waals surface area contributed by atoms with E-state index in [0.29, 0.717) is 0 Å². The van der Waals surface area contributed by atoms with Crippen molar-refractivity contribution in [2.45, 2.75) is 25.1 Å². The van der Waals surface area contributed by atoms with Crippen LogP contribution in [0.5, 0.6) is 0 Å². The Morgan fingerprint density at radius 3 is 2.73 bits per heavy atom. The number of alkyl halides is 3. The van der Waals surface area contributed by atoms with Gasteiger partial charge in [0, 0.05) is 16.5 Å². The van der Waals surface area contributed by atoms with Crippen LogP contribution in [-0.4, -0.2) is 12.3 Å². The third kappa shape index (κ3) is 2.40. The van der Waals surface area contributed by atoms with Crippen molar-refractivity contribution in [1.82, 2.24) is 0 Å². The highest BCUT2D eigenvalue weighted by molar-refractivity contribution is 6.30. The van der Waals surface area contributed by atoms with Crippen molar-refractivity contribution in [1.29, 1.82) is 0 Å². The Bertz CT molecular complexity index is 707. The maximum atomic E-state index is 13.7. The molecule has 1 fully saturated rings. The summed E-state index contributed by atoms with van der Waals surface area (Å²) >= 11 is 5.80. The summed E-state index contributed by atoms with van der Waals surface area (Å²) in [6.45, 7) is 1.90. The normalized spacial score (nSPS) is 29.6. The fourth-order valence-electron chi connectivity index (χ4n) is 2.34. The summed E-state index contributed by atoms with van der Waals surface area (Å²) in [6, 6.07) is 3.82. The number of amides is 1. The van der Waals surface area contributed by atoms with Gasteiger partial charge >= 0.3 is 12.3 Å². The fraction of sp³-hybridized carbons (Fsp3) is 0.400. The van der Waals surface area contributed by atoms with Gasteiger partial charge in [-0.05, 0) is 36.5 Å². The number of hydrogen-bond acceptors (Lipinski definition) is 2. The second kappa shape index (κ2) is 4.82. The minimum Gasteiger partial charge on any atom is -0.415 e. The standard InChI is InChI=1S/C15H11ClF3NO2/c1-8-6-9(8)4-5-14(15(17,18)19)11-7-10(16)2-3-12(11)20-13(21)22-14/h2-3,7-9H,6H2,1H3,(H,20,21). The molecule has 1 aromatic carbocycles. The molecule has 3 nitrogen and oxygen atoms in total. The minimum atomic E-state index is -4.88. The van der Waals surface area contributed by atoms with E-state index in [1.54, 1.807) is 0 Å². The van der Waals surface area contributed by atoms with E-state index < -0.39 is 17.9 Å². The lowest BCUT2D eigenvalue weighted by atomic mass is 9.90. The molecular weight excluding hydrogens is 319 g/mol. The molecule has 3 unspecified atom stereocenters. The Hall–Kier alpha value is -1.87. The van der Waals surface area contributed by atoms with Crippen LogP contribution in [0.4, 0.5) is 23.7 Å². The van der Waals surface area contributed by atoms with E-state index >= 15 is 0 Å². The highest BCUT2D eigenvalue weighted by Gasteiger charge is 2.62. The average molecular weight is 330 g/mol. The van der Waals surface area contributed by atoms with Crippen molar-refractivity contribution in [3.8, 4) is 11.8 Å². The van der Waals surface area contributed by atoms with Crippen LogP contribution in [0.25, 0.3) is 0 Å². The number of hydrogen-bond donors (Lipinski definition) is 1. The minimum absolute atomic E-state index is 0.00359. The molecule has 3 atom stereocenters. The summed E-state index contributed by atoms with van der Waals surface area (Å²) in [5, 5.41) is 2.34. The molecule has 3 rings (SSSR count). The molecule has 2 aliphatic rings. The van der Waals surface area contributed by atoms with E-state index in [-0.39, 0.29) is 28.1 Å². The van der Waals surface area contributed by atoms with Crippen molar-refractivity contribution < 1.29 is 22.7 Å².